The van der Waals surface area contributed by atoms with Crippen molar-refractivity contribution in [3.63, 3.8) is 0 Å². The van der Waals surface area contributed by atoms with Crippen LogP contribution in [0.3, 0.4) is 0 Å². The van der Waals surface area contributed by atoms with Gasteiger partial charge in [0.25, 0.3) is 0 Å². The van der Waals surface area contributed by atoms with E-state index in [0.29, 0.717) is 5.56 Å². The van der Waals surface area contributed by atoms with Crippen molar-refractivity contribution in [2.75, 3.05) is 0 Å². The zero-order valence-electron chi connectivity index (χ0n) is 9.23. The number of aliphatic imine (C=N–C) groups is 1. The molecule has 0 unspecified atom stereocenters. The number of carbonyl (C=O) groups is 1. The van der Waals surface area contributed by atoms with Crippen LogP contribution in [0.15, 0.2) is 53.7 Å². The zero-order chi connectivity index (χ0) is 11.8. The van der Waals surface area contributed by atoms with Crippen molar-refractivity contribution in [3.05, 3.63) is 59.8 Å². The average molecular weight is 213 g/mol. The standard InChI is InChI=1S/C14H15NO/c1-3-4-14(15-2)10-9-12-5-7-13(11-16)8-6-12/h3-8,11H,1-2,9-10H2/b14-4-. The summed E-state index contributed by atoms with van der Waals surface area (Å²) in [5.41, 5.74) is 2.81. The van der Waals surface area contributed by atoms with E-state index in [2.05, 4.69) is 18.3 Å². The highest BCUT2D eigenvalue weighted by Crippen LogP contribution is 2.10. The summed E-state index contributed by atoms with van der Waals surface area (Å²) in [5.74, 6) is 0. The number of carbonyl (C=O) groups excluding carboxylic acids is 1. The molecule has 0 aliphatic carbocycles. The minimum absolute atomic E-state index is 0.701. The minimum Gasteiger partial charge on any atom is -0.298 e. The number of rotatable bonds is 6. The predicted octanol–water partition coefficient (Wildman–Crippen LogP) is 3.20. The van der Waals surface area contributed by atoms with Crippen LogP contribution >= 0.6 is 0 Å². The summed E-state index contributed by atoms with van der Waals surface area (Å²) in [7, 11) is 0. The number of benzene rings is 1. The van der Waals surface area contributed by atoms with E-state index in [1.54, 1.807) is 6.08 Å². The first-order chi connectivity index (χ1) is 7.80. The summed E-state index contributed by atoms with van der Waals surface area (Å²) in [6.07, 6.45) is 6.12. The Kier molecular flexibility index (Phi) is 4.93. The van der Waals surface area contributed by atoms with Gasteiger partial charge in [-0.2, -0.15) is 0 Å². The number of aldehydes is 1. The fraction of sp³-hybridized carbons (Fsp3) is 0.143. The van der Waals surface area contributed by atoms with Crippen LogP contribution in [0.5, 0.6) is 0 Å². The van der Waals surface area contributed by atoms with Gasteiger partial charge in [-0.25, -0.2) is 0 Å². The maximum atomic E-state index is 10.5. The highest BCUT2D eigenvalue weighted by atomic mass is 16.1. The number of hydrogen-bond acceptors (Lipinski definition) is 2. The number of aryl methyl sites for hydroxylation is 1. The first-order valence-corrected chi connectivity index (χ1v) is 5.12. The monoisotopic (exact) mass is 213 g/mol. The van der Waals surface area contributed by atoms with Gasteiger partial charge < -0.3 is 0 Å². The summed E-state index contributed by atoms with van der Waals surface area (Å²) in [5, 5.41) is 0. The molecule has 0 aliphatic heterocycles. The number of nitrogens with zero attached hydrogens (tertiary/aromatic N) is 1. The highest BCUT2D eigenvalue weighted by molar-refractivity contribution is 5.74. The van der Waals surface area contributed by atoms with Crippen molar-refractivity contribution in [2.24, 2.45) is 4.99 Å². The zero-order valence-corrected chi connectivity index (χ0v) is 9.23. The largest absolute Gasteiger partial charge is 0.298 e. The molecule has 0 radical (unpaired) electrons. The van der Waals surface area contributed by atoms with E-state index in [4.69, 9.17) is 0 Å². The van der Waals surface area contributed by atoms with Gasteiger partial charge in [0, 0.05) is 11.3 Å². The molecule has 1 rings (SSSR count). The van der Waals surface area contributed by atoms with Crippen molar-refractivity contribution in [1.29, 1.82) is 0 Å². The number of hydrogen-bond donors (Lipinski definition) is 0. The first kappa shape index (κ1) is 12.1. The van der Waals surface area contributed by atoms with E-state index in [0.717, 1.165) is 24.8 Å². The lowest BCUT2D eigenvalue weighted by atomic mass is 10.1. The van der Waals surface area contributed by atoms with Crippen LogP contribution in [0.4, 0.5) is 0 Å². The molecule has 0 atom stereocenters. The van der Waals surface area contributed by atoms with Crippen LogP contribution < -0.4 is 0 Å². The topological polar surface area (TPSA) is 29.4 Å². The van der Waals surface area contributed by atoms with E-state index < -0.39 is 0 Å². The lowest BCUT2D eigenvalue weighted by Crippen LogP contribution is -1.88. The molecule has 0 bridgehead atoms. The molecule has 0 saturated carbocycles. The van der Waals surface area contributed by atoms with Crippen molar-refractivity contribution >= 4 is 13.0 Å². The summed E-state index contributed by atoms with van der Waals surface area (Å²) in [4.78, 5) is 14.4. The van der Waals surface area contributed by atoms with Gasteiger partial charge in [-0.3, -0.25) is 9.79 Å². The summed E-state index contributed by atoms with van der Waals surface area (Å²) in [6.45, 7) is 7.13. The van der Waals surface area contributed by atoms with E-state index >= 15 is 0 Å². The predicted molar refractivity (Wildman–Crippen MR) is 68.0 cm³/mol. The second kappa shape index (κ2) is 6.51. The van der Waals surface area contributed by atoms with Crippen LogP contribution in [-0.4, -0.2) is 13.0 Å². The van der Waals surface area contributed by atoms with E-state index in [1.807, 2.05) is 30.3 Å². The molecule has 0 fully saturated rings. The van der Waals surface area contributed by atoms with Crippen molar-refractivity contribution in [3.8, 4) is 0 Å². The van der Waals surface area contributed by atoms with Crippen LogP contribution in [0.2, 0.25) is 0 Å². The van der Waals surface area contributed by atoms with Gasteiger partial charge in [0.15, 0.2) is 0 Å². The lowest BCUT2D eigenvalue weighted by Gasteiger charge is -2.02. The summed E-state index contributed by atoms with van der Waals surface area (Å²) >= 11 is 0. The van der Waals surface area contributed by atoms with Gasteiger partial charge in [0.2, 0.25) is 0 Å². The Hall–Kier alpha value is -1.96. The van der Waals surface area contributed by atoms with E-state index in [9.17, 15) is 4.79 Å². The molecule has 0 N–H and O–H groups in total. The Morgan fingerprint density at radius 1 is 1.31 bits per heavy atom. The van der Waals surface area contributed by atoms with Gasteiger partial charge in [-0.05, 0) is 31.2 Å². The highest BCUT2D eigenvalue weighted by Gasteiger charge is 1.96. The van der Waals surface area contributed by atoms with Gasteiger partial charge in [0.1, 0.15) is 6.29 Å². The third kappa shape index (κ3) is 3.65. The Labute approximate surface area is 96.0 Å². The fourth-order valence-corrected chi connectivity index (χ4v) is 1.39. The molecule has 1 aromatic carbocycles. The maximum absolute atomic E-state index is 10.5. The molecule has 0 spiro atoms. The minimum atomic E-state index is 0.701. The van der Waals surface area contributed by atoms with Crippen molar-refractivity contribution < 1.29 is 4.79 Å². The maximum Gasteiger partial charge on any atom is 0.150 e. The van der Waals surface area contributed by atoms with Crippen LogP contribution in [0.1, 0.15) is 22.3 Å². The average Bonchev–Trinajstić information content (AvgIpc) is 2.35. The Balaban J connectivity index is 2.60. The van der Waals surface area contributed by atoms with Gasteiger partial charge >= 0.3 is 0 Å². The Bertz CT molecular complexity index is 401. The molecular weight excluding hydrogens is 198 g/mol. The molecule has 16 heavy (non-hydrogen) atoms. The molecule has 2 nitrogen and oxygen atoms in total. The summed E-state index contributed by atoms with van der Waals surface area (Å²) in [6, 6.07) is 7.55. The molecule has 0 amide bonds. The smallest absolute Gasteiger partial charge is 0.150 e. The van der Waals surface area contributed by atoms with Crippen LogP contribution in [-0.2, 0) is 6.42 Å². The second-order valence-electron chi connectivity index (χ2n) is 3.41. The fourth-order valence-electron chi connectivity index (χ4n) is 1.39. The molecule has 0 aliphatic rings. The van der Waals surface area contributed by atoms with Gasteiger partial charge in [0.05, 0.1) is 0 Å². The van der Waals surface area contributed by atoms with Crippen LogP contribution in [0.25, 0.3) is 0 Å². The molecule has 1 aromatic rings. The summed E-state index contributed by atoms with van der Waals surface area (Å²) < 4.78 is 0. The third-order valence-electron chi connectivity index (χ3n) is 2.30. The Morgan fingerprint density at radius 2 is 2.00 bits per heavy atom. The Morgan fingerprint density at radius 3 is 2.50 bits per heavy atom. The van der Waals surface area contributed by atoms with Crippen molar-refractivity contribution in [2.45, 2.75) is 12.8 Å². The molecule has 82 valence electrons. The second-order valence-corrected chi connectivity index (χ2v) is 3.41. The van der Waals surface area contributed by atoms with Crippen molar-refractivity contribution in [1.82, 2.24) is 0 Å². The van der Waals surface area contributed by atoms with Crippen LogP contribution in [0, 0.1) is 0 Å². The number of allylic oxidation sites excluding steroid dienone is 3. The quantitative estimate of drug-likeness (QED) is 0.405. The third-order valence-corrected chi connectivity index (χ3v) is 2.30. The molecule has 2 heteroatoms. The van der Waals surface area contributed by atoms with Gasteiger partial charge in [-0.15, -0.1) is 0 Å². The molecular formula is C14H15NO. The lowest BCUT2D eigenvalue weighted by molar-refractivity contribution is 0.112. The SMILES string of the molecule is C=C/C=C(/CCc1ccc(C=O)cc1)N=C. The van der Waals surface area contributed by atoms with Gasteiger partial charge in [-0.1, -0.05) is 36.9 Å². The van der Waals surface area contributed by atoms with E-state index in [-0.39, 0.29) is 0 Å². The molecule has 0 saturated heterocycles. The van der Waals surface area contributed by atoms with E-state index in [1.165, 1.54) is 5.56 Å². The normalized spacial score (nSPS) is 10.9. The first-order valence-electron chi connectivity index (χ1n) is 5.12. The molecule has 0 heterocycles. The molecule has 0 aromatic heterocycles.